The lowest BCUT2D eigenvalue weighted by molar-refractivity contribution is 0.0417. The quantitative estimate of drug-likeness (QED) is 0.382. The van der Waals surface area contributed by atoms with Crippen LogP contribution < -0.4 is 5.32 Å². The van der Waals surface area contributed by atoms with Gasteiger partial charge in [0, 0.05) is 11.8 Å². The van der Waals surface area contributed by atoms with E-state index in [-0.39, 0.29) is 15.5 Å². The molecule has 2 N–H and O–H groups in total. The molecule has 0 saturated carbocycles. The van der Waals surface area contributed by atoms with Gasteiger partial charge in [-0.2, -0.15) is 0 Å². The van der Waals surface area contributed by atoms with Gasteiger partial charge in [-0.1, -0.05) is 71.7 Å². The lowest BCUT2D eigenvalue weighted by Crippen LogP contribution is -2.37. The van der Waals surface area contributed by atoms with E-state index in [0.29, 0.717) is 16.1 Å². The first kappa shape index (κ1) is 27.0. The molecule has 0 aromatic heterocycles. The highest BCUT2D eigenvalue weighted by molar-refractivity contribution is 7.90. The van der Waals surface area contributed by atoms with Crippen LogP contribution in [0.1, 0.15) is 44.0 Å². The summed E-state index contributed by atoms with van der Waals surface area (Å²) in [6, 6.07) is 17.6. The first-order chi connectivity index (χ1) is 16.3. The second kappa shape index (κ2) is 10.6. The molecule has 1 amide bonds. The number of hydrogen-bond acceptors (Lipinski definition) is 5. The number of halogens is 2. The molecule has 0 heterocycles. The lowest BCUT2D eigenvalue weighted by Gasteiger charge is -2.28. The number of benzene rings is 3. The molecular weight excluding hydrogens is 509 g/mol. The van der Waals surface area contributed by atoms with Crippen molar-refractivity contribution in [3.05, 3.63) is 87.9 Å². The molecule has 2 atom stereocenters. The standard InChI is InChI=1S/C26H27Cl2NO5S/c1-26(2,3)34-25(31)29-23(18-11-13-20(27)21(28)14-18)24(30)19-12-10-17(15-22(19)35(4,32)33)16-8-6-5-7-9-16/h5-15,23-24,30H,1-4H3,(H,29,31). The SMILES string of the molecule is CC(C)(C)OC(=O)NC(c1ccc(Cl)c(Cl)c1)C(O)c1ccc(-c2ccccc2)cc1S(C)(=O)=O. The second-order valence-corrected chi connectivity index (χ2v) is 11.9. The number of amides is 1. The van der Waals surface area contributed by atoms with Gasteiger partial charge < -0.3 is 15.2 Å². The molecule has 0 aliphatic carbocycles. The number of alkyl carbamates (subject to hydrolysis) is 1. The average Bonchev–Trinajstić information content (AvgIpc) is 2.77. The Bertz CT molecular complexity index is 1320. The molecule has 3 aromatic carbocycles. The Morgan fingerprint density at radius 3 is 2.17 bits per heavy atom. The van der Waals surface area contributed by atoms with Gasteiger partial charge >= 0.3 is 6.09 Å². The van der Waals surface area contributed by atoms with E-state index in [4.69, 9.17) is 27.9 Å². The smallest absolute Gasteiger partial charge is 0.408 e. The molecular formula is C26H27Cl2NO5S. The van der Waals surface area contributed by atoms with Gasteiger partial charge in [0.1, 0.15) is 11.7 Å². The van der Waals surface area contributed by atoms with E-state index in [2.05, 4.69) is 5.32 Å². The maximum Gasteiger partial charge on any atom is 0.408 e. The topological polar surface area (TPSA) is 92.7 Å². The molecule has 9 heteroatoms. The maximum absolute atomic E-state index is 12.7. The molecule has 2 unspecified atom stereocenters. The molecule has 0 aliphatic rings. The summed E-state index contributed by atoms with van der Waals surface area (Å²) >= 11 is 12.2. The molecule has 0 spiro atoms. The molecule has 0 aliphatic heterocycles. The summed E-state index contributed by atoms with van der Waals surface area (Å²) in [7, 11) is -3.75. The molecule has 3 rings (SSSR count). The minimum atomic E-state index is -3.75. The van der Waals surface area contributed by atoms with Crippen LogP contribution in [0, 0.1) is 0 Å². The van der Waals surface area contributed by atoms with Gasteiger partial charge in [0.25, 0.3) is 0 Å². The Kier molecular flexibility index (Phi) is 8.17. The van der Waals surface area contributed by atoms with Crippen molar-refractivity contribution in [2.75, 3.05) is 6.26 Å². The number of ether oxygens (including phenoxy) is 1. The van der Waals surface area contributed by atoms with E-state index in [9.17, 15) is 18.3 Å². The van der Waals surface area contributed by atoms with Crippen molar-refractivity contribution in [2.24, 2.45) is 0 Å². The van der Waals surface area contributed by atoms with Crippen LogP contribution in [0.25, 0.3) is 11.1 Å². The first-order valence-corrected chi connectivity index (χ1v) is 13.4. The third kappa shape index (κ3) is 6.98. The van der Waals surface area contributed by atoms with Crippen LogP contribution in [0.4, 0.5) is 4.79 Å². The van der Waals surface area contributed by atoms with Crippen molar-refractivity contribution in [3.8, 4) is 11.1 Å². The van der Waals surface area contributed by atoms with Gasteiger partial charge in [-0.25, -0.2) is 13.2 Å². The average molecular weight is 536 g/mol. The van der Waals surface area contributed by atoms with Crippen molar-refractivity contribution in [3.63, 3.8) is 0 Å². The van der Waals surface area contributed by atoms with Gasteiger partial charge in [-0.3, -0.25) is 0 Å². The number of carbonyl (C=O) groups is 1. The summed E-state index contributed by atoms with van der Waals surface area (Å²) in [6.45, 7) is 5.13. The van der Waals surface area contributed by atoms with Crippen molar-refractivity contribution < 1.29 is 23.1 Å². The fraction of sp³-hybridized carbons (Fsp3) is 0.269. The van der Waals surface area contributed by atoms with Crippen molar-refractivity contribution in [1.82, 2.24) is 5.32 Å². The summed E-state index contributed by atoms with van der Waals surface area (Å²) in [5.74, 6) is 0. The zero-order valence-corrected chi connectivity index (χ0v) is 22.1. The summed E-state index contributed by atoms with van der Waals surface area (Å²) in [6.07, 6.45) is -1.16. The fourth-order valence-corrected chi connectivity index (χ4v) is 4.84. The number of aliphatic hydroxyl groups excluding tert-OH is 1. The van der Waals surface area contributed by atoms with Gasteiger partial charge in [-0.15, -0.1) is 0 Å². The molecule has 186 valence electrons. The summed E-state index contributed by atoms with van der Waals surface area (Å²) in [5.41, 5.74) is 1.26. The van der Waals surface area contributed by atoms with Crippen molar-refractivity contribution in [1.29, 1.82) is 0 Å². The highest BCUT2D eigenvalue weighted by Crippen LogP contribution is 2.37. The zero-order chi connectivity index (χ0) is 26.0. The van der Waals surface area contributed by atoms with E-state index in [1.54, 1.807) is 39.0 Å². The van der Waals surface area contributed by atoms with Crippen LogP contribution in [-0.2, 0) is 14.6 Å². The summed E-state index contributed by atoms with van der Waals surface area (Å²) in [5, 5.41) is 14.6. The number of rotatable bonds is 6. The number of hydrogen-bond donors (Lipinski definition) is 2. The Morgan fingerprint density at radius 1 is 0.943 bits per heavy atom. The van der Waals surface area contributed by atoms with Crippen molar-refractivity contribution in [2.45, 2.75) is 43.4 Å². The summed E-state index contributed by atoms with van der Waals surface area (Å²) in [4.78, 5) is 12.6. The van der Waals surface area contributed by atoms with E-state index >= 15 is 0 Å². The van der Waals surface area contributed by atoms with E-state index < -0.39 is 33.7 Å². The monoisotopic (exact) mass is 535 g/mol. The minimum absolute atomic E-state index is 0.0533. The molecule has 0 radical (unpaired) electrons. The van der Waals surface area contributed by atoms with Crippen LogP contribution in [-0.4, -0.2) is 31.5 Å². The number of aliphatic hydroxyl groups is 1. The van der Waals surface area contributed by atoms with Crippen LogP contribution in [0.15, 0.2) is 71.6 Å². The maximum atomic E-state index is 12.7. The lowest BCUT2D eigenvalue weighted by atomic mass is 9.94. The Labute approximate surface area is 215 Å². The first-order valence-electron chi connectivity index (χ1n) is 10.8. The normalized spacial score (nSPS) is 13.7. The van der Waals surface area contributed by atoms with Crippen LogP contribution in [0.5, 0.6) is 0 Å². The highest BCUT2D eigenvalue weighted by Gasteiger charge is 2.31. The molecule has 0 saturated heterocycles. The Balaban J connectivity index is 2.11. The second-order valence-electron chi connectivity index (χ2n) is 9.13. The van der Waals surface area contributed by atoms with E-state index in [0.717, 1.165) is 11.8 Å². The largest absolute Gasteiger partial charge is 0.444 e. The predicted molar refractivity (Wildman–Crippen MR) is 139 cm³/mol. The Morgan fingerprint density at radius 2 is 1.60 bits per heavy atom. The molecule has 3 aromatic rings. The summed E-state index contributed by atoms with van der Waals surface area (Å²) < 4.78 is 30.9. The third-order valence-electron chi connectivity index (χ3n) is 5.13. The van der Waals surface area contributed by atoms with Gasteiger partial charge in [0.05, 0.1) is 21.0 Å². The van der Waals surface area contributed by atoms with Crippen LogP contribution in [0.2, 0.25) is 10.0 Å². The van der Waals surface area contributed by atoms with E-state index in [1.165, 1.54) is 18.2 Å². The van der Waals surface area contributed by atoms with Gasteiger partial charge in [0.2, 0.25) is 0 Å². The van der Waals surface area contributed by atoms with Crippen molar-refractivity contribution >= 4 is 39.1 Å². The van der Waals surface area contributed by atoms with Gasteiger partial charge in [-0.05, 0) is 55.7 Å². The van der Waals surface area contributed by atoms with E-state index in [1.807, 2.05) is 30.3 Å². The minimum Gasteiger partial charge on any atom is -0.444 e. The predicted octanol–water partition coefficient (Wildman–Crippen LogP) is 6.36. The number of nitrogens with one attached hydrogen (secondary N) is 1. The molecule has 0 fully saturated rings. The highest BCUT2D eigenvalue weighted by atomic mass is 35.5. The third-order valence-corrected chi connectivity index (χ3v) is 7.02. The molecule has 0 bridgehead atoms. The number of sulfone groups is 1. The van der Waals surface area contributed by atoms with Gasteiger partial charge in [0.15, 0.2) is 9.84 Å². The van der Waals surface area contributed by atoms with Crippen LogP contribution in [0.3, 0.4) is 0 Å². The fourth-order valence-electron chi connectivity index (χ4n) is 3.57. The zero-order valence-electron chi connectivity index (χ0n) is 19.7. The molecule has 35 heavy (non-hydrogen) atoms. The molecule has 6 nitrogen and oxygen atoms in total. The number of carbonyl (C=O) groups excluding carboxylic acids is 1. The Hall–Kier alpha value is -2.58. The van der Waals surface area contributed by atoms with Crippen LogP contribution >= 0.6 is 23.2 Å².